The van der Waals surface area contributed by atoms with Gasteiger partial charge in [-0.05, 0) is 55.3 Å². The van der Waals surface area contributed by atoms with Gasteiger partial charge in [0.2, 0.25) is 6.29 Å². The standard InChI is InChI=1S/C27H31NO9/c1-12-6-7-27(34)16-10-14-4-5-15(35-25-20(31)18(29)19(30)22(37-25)24(32)33)21-17(14)26(27,23(12)36-21)8-9-28(16)11-13-2-3-13/h4-7,13,16,18-20,22-23,25,29-31,34H,1-3,8-11H2,(H,32,33)/t16-,18+,19+,20-,22+,23+,25-,26+,27-/m1/s1. The van der Waals surface area contributed by atoms with Gasteiger partial charge in [0.1, 0.15) is 30.0 Å². The number of likely N-dealkylation sites (tertiary alicyclic amines) is 1. The number of carboxylic acids is 1. The van der Waals surface area contributed by atoms with Crippen LogP contribution in [0.5, 0.6) is 11.5 Å². The summed E-state index contributed by atoms with van der Waals surface area (Å²) in [6.07, 6.45) is -1.64. The van der Waals surface area contributed by atoms with Crippen LogP contribution < -0.4 is 9.47 Å². The van der Waals surface area contributed by atoms with Crippen molar-refractivity contribution >= 4 is 5.97 Å². The molecule has 3 aliphatic heterocycles. The fourth-order valence-corrected chi connectivity index (χ4v) is 7.33. The molecule has 1 aromatic carbocycles. The first kappa shape index (κ1) is 23.6. The molecular weight excluding hydrogens is 482 g/mol. The van der Waals surface area contributed by atoms with E-state index in [0.717, 1.165) is 29.8 Å². The maximum atomic E-state index is 12.4. The van der Waals surface area contributed by atoms with Crippen LogP contribution in [0.4, 0.5) is 0 Å². The first-order valence-corrected chi connectivity index (χ1v) is 12.9. The fourth-order valence-electron chi connectivity index (χ4n) is 7.33. The van der Waals surface area contributed by atoms with Crippen LogP contribution in [0.15, 0.2) is 36.4 Å². The summed E-state index contributed by atoms with van der Waals surface area (Å²) < 4.78 is 17.8. The van der Waals surface area contributed by atoms with Crippen molar-refractivity contribution in [1.82, 2.24) is 4.90 Å². The number of ether oxygens (including phenoxy) is 3. The lowest BCUT2D eigenvalue weighted by Crippen LogP contribution is -2.74. The van der Waals surface area contributed by atoms with Gasteiger partial charge in [-0.3, -0.25) is 4.90 Å². The molecule has 10 heteroatoms. The number of carbonyl (C=O) groups is 1. The SMILES string of the molecule is C=C1C=C[C@@]2(O)[C@H]3Cc4ccc(O[C@@H]5O[C@H](C(=O)O)[C@@H](O)[C@H](O)[C@H]5O)c5c4[C@@]2(CCN3CC2CC2)[C@H]1O5. The molecule has 198 valence electrons. The molecule has 5 N–H and O–H groups in total. The maximum absolute atomic E-state index is 12.4. The lowest BCUT2D eigenvalue weighted by molar-refractivity contribution is -0.271. The molecule has 3 aliphatic carbocycles. The molecule has 3 heterocycles. The highest BCUT2D eigenvalue weighted by molar-refractivity contribution is 5.73. The third kappa shape index (κ3) is 3.05. The van der Waals surface area contributed by atoms with E-state index in [0.29, 0.717) is 24.5 Å². The molecule has 0 aromatic heterocycles. The quantitative estimate of drug-likeness (QED) is 0.360. The van der Waals surface area contributed by atoms with Crippen LogP contribution in [0, 0.1) is 5.92 Å². The molecule has 37 heavy (non-hydrogen) atoms. The van der Waals surface area contributed by atoms with Crippen LogP contribution in [-0.2, 0) is 21.4 Å². The molecule has 1 saturated carbocycles. The first-order chi connectivity index (χ1) is 17.7. The zero-order chi connectivity index (χ0) is 25.9. The third-order valence-corrected chi connectivity index (χ3v) is 9.34. The number of benzene rings is 1. The zero-order valence-electron chi connectivity index (χ0n) is 20.2. The minimum atomic E-state index is -1.81. The summed E-state index contributed by atoms with van der Waals surface area (Å²) in [6, 6.07) is 3.51. The van der Waals surface area contributed by atoms with E-state index in [-0.39, 0.29) is 11.8 Å². The average molecular weight is 514 g/mol. The highest BCUT2D eigenvalue weighted by Crippen LogP contribution is 2.65. The van der Waals surface area contributed by atoms with Gasteiger partial charge in [-0.1, -0.05) is 24.8 Å². The molecule has 0 amide bonds. The second-order valence-corrected chi connectivity index (χ2v) is 11.4. The van der Waals surface area contributed by atoms with Gasteiger partial charge >= 0.3 is 5.97 Å². The number of hydrogen-bond donors (Lipinski definition) is 5. The third-order valence-electron chi connectivity index (χ3n) is 9.34. The second-order valence-electron chi connectivity index (χ2n) is 11.4. The smallest absolute Gasteiger partial charge is 0.335 e. The van der Waals surface area contributed by atoms with E-state index >= 15 is 0 Å². The number of carboxylic acid groups (broad SMARTS) is 1. The largest absolute Gasteiger partial charge is 0.480 e. The van der Waals surface area contributed by atoms with E-state index in [9.17, 15) is 30.3 Å². The zero-order valence-corrected chi connectivity index (χ0v) is 20.2. The molecule has 3 fully saturated rings. The second kappa shape index (κ2) is 7.78. The van der Waals surface area contributed by atoms with Crippen LogP contribution in [0.1, 0.15) is 30.4 Å². The summed E-state index contributed by atoms with van der Waals surface area (Å²) in [5.41, 5.74) is 0.723. The van der Waals surface area contributed by atoms with Crippen molar-refractivity contribution in [1.29, 1.82) is 0 Å². The Morgan fingerprint density at radius 2 is 1.97 bits per heavy atom. The number of aliphatic hydroxyl groups excluding tert-OH is 3. The van der Waals surface area contributed by atoms with E-state index in [4.69, 9.17) is 14.2 Å². The van der Waals surface area contributed by atoms with Crippen LogP contribution in [0.25, 0.3) is 0 Å². The molecule has 1 aromatic rings. The minimum absolute atomic E-state index is 0.0982. The van der Waals surface area contributed by atoms with Gasteiger partial charge in [-0.15, -0.1) is 0 Å². The monoisotopic (exact) mass is 513 g/mol. The molecule has 6 aliphatic rings. The summed E-state index contributed by atoms with van der Waals surface area (Å²) in [5, 5.41) is 52.5. The summed E-state index contributed by atoms with van der Waals surface area (Å²) in [7, 11) is 0. The van der Waals surface area contributed by atoms with Crippen molar-refractivity contribution < 1.29 is 44.5 Å². The predicted molar refractivity (Wildman–Crippen MR) is 127 cm³/mol. The molecule has 7 rings (SSSR count). The van der Waals surface area contributed by atoms with Gasteiger partial charge < -0.3 is 39.7 Å². The number of nitrogens with zero attached hydrogens (tertiary/aromatic N) is 1. The average Bonchev–Trinajstić information content (AvgIpc) is 3.61. The number of aliphatic hydroxyl groups is 4. The van der Waals surface area contributed by atoms with Crippen molar-refractivity contribution in [3.63, 3.8) is 0 Å². The Morgan fingerprint density at radius 3 is 2.70 bits per heavy atom. The predicted octanol–water partition coefficient (Wildman–Crippen LogP) is -0.146. The Labute approximate surface area is 213 Å². The van der Waals surface area contributed by atoms with Crippen LogP contribution in [-0.4, -0.2) is 97.9 Å². The summed E-state index contributed by atoms with van der Waals surface area (Å²) >= 11 is 0. The number of aliphatic carboxylic acids is 1. The minimum Gasteiger partial charge on any atom is -0.480 e. The highest BCUT2D eigenvalue weighted by atomic mass is 16.7. The lowest BCUT2D eigenvalue weighted by Gasteiger charge is -2.61. The van der Waals surface area contributed by atoms with Crippen LogP contribution >= 0.6 is 0 Å². The van der Waals surface area contributed by atoms with Crippen molar-refractivity contribution in [3.8, 4) is 11.5 Å². The Bertz CT molecular complexity index is 1210. The molecule has 0 unspecified atom stereocenters. The lowest BCUT2D eigenvalue weighted by atomic mass is 9.50. The van der Waals surface area contributed by atoms with Gasteiger partial charge in [0.15, 0.2) is 17.6 Å². The van der Waals surface area contributed by atoms with Gasteiger partial charge in [0.05, 0.1) is 5.41 Å². The first-order valence-electron chi connectivity index (χ1n) is 12.9. The van der Waals surface area contributed by atoms with Crippen molar-refractivity contribution in [2.24, 2.45) is 5.92 Å². The normalized spacial score (nSPS) is 43.8. The molecule has 1 spiro atoms. The van der Waals surface area contributed by atoms with Crippen LogP contribution in [0.2, 0.25) is 0 Å². The highest BCUT2D eigenvalue weighted by Gasteiger charge is 2.71. The Kier molecular flexibility index (Phi) is 4.97. The Morgan fingerprint density at radius 1 is 1.19 bits per heavy atom. The van der Waals surface area contributed by atoms with E-state index in [1.807, 2.05) is 18.2 Å². The van der Waals surface area contributed by atoms with Crippen molar-refractivity contribution in [3.05, 3.63) is 47.6 Å². The molecule has 10 nitrogen and oxygen atoms in total. The summed E-state index contributed by atoms with van der Waals surface area (Å²) in [6.45, 7) is 6.01. The molecule has 0 radical (unpaired) electrons. The van der Waals surface area contributed by atoms with Crippen molar-refractivity contribution in [2.75, 3.05) is 13.1 Å². The molecule has 2 saturated heterocycles. The van der Waals surface area contributed by atoms with E-state index in [1.165, 1.54) is 12.8 Å². The number of hydrogen-bond acceptors (Lipinski definition) is 9. The Hall–Kier alpha value is -2.47. The summed E-state index contributed by atoms with van der Waals surface area (Å²) in [4.78, 5) is 14.0. The topological polar surface area (TPSA) is 149 Å². The van der Waals surface area contributed by atoms with E-state index in [2.05, 4.69) is 11.5 Å². The molecular formula is C27H31NO9. The molecule has 2 bridgehead atoms. The van der Waals surface area contributed by atoms with Crippen LogP contribution in [0.3, 0.4) is 0 Å². The Balaban J connectivity index is 1.29. The molecule has 9 atom stereocenters. The number of rotatable bonds is 5. The van der Waals surface area contributed by atoms with Gasteiger partial charge in [0.25, 0.3) is 0 Å². The number of piperidine rings is 1. The fraction of sp³-hybridized carbons (Fsp3) is 0.593. The van der Waals surface area contributed by atoms with Crippen molar-refractivity contribution in [2.45, 2.75) is 79.6 Å². The van der Waals surface area contributed by atoms with Gasteiger partial charge in [-0.25, -0.2) is 4.79 Å². The maximum Gasteiger partial charge on any atom is 0.335 e. The summed E-state index contributed by atoms with van der Waals surface area (Å²) in [5.74, 6) is -0.190. The van der Waals surface area contributed by atoms with E-state index < -0.39 is 53.8 Å². The van der Waals surface area contributed by atoms with Gasteiger partial charge in [0, 0.05) is 18.2 Å². The van der Waals surface area contributed by atoms with E-state index in [1.54, 1.807) is 6.07 Å². The van der Waals surface area contributed by atoms with Gasteiger partial charge in [-0.2, -0.15) is 0 Å².